The van der Waals surface area contributed by atoms with Gasteiger partial charge in [0.05, 0.1) is 35.2 Å². The van der Waals surface area contributed by atoms with Crippen LogP contribution in [0.25, 0.3) is 11.3 Å². The Balaban J connectivity index is 1.40. The van der Waals surface area contributed by atoms with Crippen LogP contribution < -0.4 is 0 Å². The highest BCUT2D eigenvalue weighted by Gasteiger charge is 2.39. The second kappa shape index (κ2) is 7.80. The maximum absolute atomic E-state index is 14.7. The van der Waals surface area contributed by atoms with Gasteiger partial charge in [0.15, 0.2) is 0 Å². The summed E-state index contributed by atoms with van der Waals surface area (Å²) in [5, 5.41) is 4.46. The number of rotatable bonds is 4. The highest BCUT2D eigenvalue weighted by molar-refractivity contribution is 6.23. The van der Waals surface area contributed by atoms with Crippen LogP contribution in [0.5, 0.6) is 0 Å². The fraction of sp³-hybridized carbons (Fsp3) is 0.360. The molecule has 2 atom stereocenters. The van der Waals surface area contributed by atoms with Gasteiger partial charge in [-0.3, -0.25) is 24.2 Å². The Hall–Kier alpha value is -3.46. The number of amides is 2. The molecule has 6 rings (SSSR count). The Morgan fingerprint density at radius 2 is 1.88 bits per heavy atom. The normalized spacial score (nSPS) is 22.4. The molecule has 3 aliphatic rings. The maximum atomic E-state index is 14.7. The first-order valence-electron chi connectivity index (χ1n) is 11.4. The Morgan fingerprint density at radius 3 is 2.65 bits per heavy atom. The number of imide groups is 1. The zero-order chi connectivity index (χ0) is 23.6. The molecule has 2 amide bonds. The minimum Gasteiger partial charge on any atom is -0.373 e. The van der Waals surface area contributed by atoms with E-state index in [2.05, 4.69) is 10.1 Å². The fourth-order valence-electron chi connectivity index (χ4n) is 4.83. The molecule has 2 aliphatic heterocycles. The average Bonchev–Trinajstić information content (AvgIpc) is 3.53. The number of benzene rings is 1. The molecule has 4 heterocycles. The van der Waals surface area contributed by atoms with E-state index in [1.807, 2.05) is 17.1 Å². The van der Waals surface area contributed by atoms with Gasteiger partial charge in [-0.1, -0.05) is 0 Å². The van der Waals surface area contributed by atoms with Gasteiger partial charge in [-0.15, -0.1) is 0 Å². The van der Waals surface area contributed by atoms with Gasteiger partial charge < -0.3 is 4.74 Å². The van der Waals surface area contributed by atoms with Crippen molar-refractivity contribution in [2.45, 2.75) is 43.7 Å². The number of ether oxygens (including phenoxy) is 1. The molecular weight excluding hydrogens is 442 g/mol. The molecule has 2 aromatic heterocycles. The predicted octanol–water partition coefficient (Wildman–Crippen LogP) is 4.42. The zero-order valence-electron chi connectivity index (χ0n) is 18.5. The Bertz CT molecular complexity index is 1330. The lowest BCUT2D eigenvalue weighted by atomic mass is 9.88. The van der Waals surface area contributed by atoms with Gasteiger partial charge >= 0.3 is 0 Å². The molecular formula is C25H22F2N4O3. The molecule has 3 aromatic rings. The van der Waals surface area contributed by atoms with Crippen molar-refractivity contribution in [3.63, 3.8) is 0 Å². The van der Waals surface area contributed by atoms with Crippen LogP contribution >= 0.6 is 0 Å². The third-order valence-corrected chi connectivity index (χ3v) is 6.90. The van der Waals surface area contributed by atoms with Crippen molar-refractivity contribution in [1.29, 1.82) is 0 Å². The van der Waals surface area contributed by atoms with Crippen molar-refractivity contribution in [2.75, 3.05) is 13.7 Å². The monoisotopic (exact) mass is 464 g/mol. The molecule has 9 heteroatoms. The van der Waals surface area contributed by atoms with E-state index in [0.29, 0.717) is 31.2 Å². The van der Waals surface area contributed by atoms with Crippen LogP contribution in [0, 0.1) is 11.6 Å². The lowest BCUT2D eigenvalue weighted by molar-refractivity contribution is 0.00460. The molecule has 1 aromatic carbocycles. The van der Waals surface area contributed by atoms with E-state index < -0.39 is 23.4 Å². The summed E-state index contributed by atoms with van der Waals surface area (Å²) in [7, 11) is 1.39. The van der Waals surface area contributed by atoms with Crippen molar-refractivity contribution in [3.8, 4) is 11.3 Å². The van der Waals surface area contributed by atoms with Gasteiger partial charge in [0.1, 0.15) is 11.6 Å². The Morgan fingerprint density at radius 1 is 1.06 bits per heavy atom. The van der Waals surface area contributed by atoms with Crippen LogP contribution in [-0.2, 0) is 4.74 Å². The zero-order valence-corrected chi connectivity index (χ0v) is 18.5. The summed E-state index contributed by atoms with van der Waals surface area (Å²) in [6.45, 7) is 0.496. The van der Waals surface area contributed by atoms with Crippen molar-refractivity contribution in [2.24, 2.45) is 0 Å². The second-order valence-corrected chi connectivity index (χ2v) is 9.18. The molecule has 7 nitrogen and oxygen atoms in total. The summed E-state index contributed by atoms with van der Waals surface area (Å²) in [4.78, 5) is 31.3. The molecule has 174 valence electrons. The smallest absolute Gasteiger partial charge is 0.263 e. The van der Waals surface area contributed by atoms with Gasteiger partial charge in [-0.2, -0.15) is 5.10 Å². The van der Waals surface area contributed by atoms with E-state index in [1.54, 1.807) is 6.07 Å². The molecule has 1 saturated carbocycles. The molecule has 2 fully saturated rings. The van der Waals surface area contributed by atoms with Crippen LogP contribution in [0.1, 0.15) is 75.7 Å². The first kappa shape index (κ1) is 21.1. The standard InChI is InChI=1S/C25H22F2N4O3/c1-30-24(32)18-10-20(29-23(22(18)25(30)33)17-5-2-15(26)9-19(17)27)13-6-7-34-21(8-13)14-11-28-31(12-14)16-3-4-16/h2,5,9-13,16,21H,3-4,6-8H2,1H3/t13-,21-/m0/s1. The number of carbonyl (C=O) groups is 2. The van der Waals surface area contributed by atoms with Crippen LogP contribution in [-0.4, -0.2) is 45.1 Å². The van der Waals surface area contributed by atoms with Gasteiger partial charge in [0.2, 0.25) is 0 Å². The average molecular weight is 464 g/mol. The van der Waals surface area contributed by atoms with Crippen molar-refractivity contribution in [3.05, 3.63) is 70.7 Å². The minimum atomic E-state index is -0.834. The molecule has 0 bridgehead atoms. The summed E-state index contributed by atoms with van der Waals surface area (Å²) < 4.78 is 36.3. The second-order valence-electron chi connectivity index (χ2n) is 9.18. The quantitative estimate of drug-likeness (QED) is 0.535. The minimum absolute atomic E-state index is 0.00901. The van der Waals surface area contributed by atoms with E-state index in [0.717, 1.165) is 35.4 Å². The summed E-state index contributed by atoms with van der Waals surface area (Å²) in [6.07, 6.45) is 7.24. The molecule has 0 N–H and O–H groups in total. The van der Waals surface area contributed by atoms with E-state index in [4.69, 9.17) is 4.74 Å². The molecule has 0 unspecified atom stereocenters. The van der Waals surface area contributed by atoms with E-state index in [1.165, 1.54) is 13.1 Å². The first-order valence-corrected chi connectivity index (χ1v) is 11.4. The summed E-state index contributed by atoms with van der Waals surface area (Å²) in [5.41, 5.74) is 1.89. The number of fused-ring (bicyclic) bond motifs is 1. The highest BCUT2D eigenvalue weighted by atomic mass is 19.1. The summed E-state index contributed by atoms with van der Waals surface area (Å²) >= 11 is 0. The van der Waals surface area contributed by atoms with Crippen LogP contribution in [0.3, 0.4) is 0 Å². The third kappa shape index (κ3) is 3.42. The first-order chi connectivity index (χ1) is 16.4. The highest BCUT2D eigenvalue weighted by Crippen LogP contribution is 2.41. The van der Waals surface area contributed by atoms with Gasteiger partial charge in [0.25, 0.3) is 11.8 Å². The summed E-state index contributed by atoms with van der Waals surface area (Å²) in [6, 6.07) is 5.24. The molecule has 0 spiro atoms. The van der Waals surface area contributed by atoms with Gasteiger partial charge in [0, 0.05) is 48.7 Å². The van der Waals surface area contributed by atoms with Crippen molar-refractivity contribution >= 4 is 11.8 Å². The molecule has 1 saturated heterocycles. The number of carbonyl (C=O) groups excluding carboxylic acids is 2. The third-order valence-electron chi connectivity index (χ3n) is 6.90. The SMILES string of the molecule is CN1C(=O)c2cc([C@H]3CCO[C@H](c4cnn(C5CC5)c4)C3)nc(-c3ccc(F)cc3F)c2C1=O. The van der Waals surface area contributed by atoms with E-state index >= 15 is 0 Å². The van der Waals surface area contributed by atoms with Crippen molar-refractivity contribution < 1.29 is 23.1 Å². The lowest BCUT2D eigenvalue weighted by Crippen LogP contribution is -2.24. The van der Waals surface area contributed by atoms with Crippen LogP contribution in [0.15, 0.2) is 36.7 Å². The van der Waals surface area contributed by atoms with Crippen LogP contribution in [0.2, 0.25) is 0 Å². The fourth-order valence-corrected chi connectivity index (χ4v) is 4.83. The Kier molecular flexibility index (Phi) is 4.84. The molecule has 0 radical (unpaired) electrons. The van der Waals surface area contributed by atoms with Gasteiger partial charge in [-0.25, -0.2) is 8.78 Å². The van der Waals surface area contributed by atoms with Crippen molar-refractivity contribution in [1.82, 2.24) is 19.7 Å². The molecule has 34 heavy (non-hydrogen) atoms. The van der Waals surface area contributed by atoms with Crippen LogP contribution in [0.4, 0.5) is 8.78 Å². The number of hydrogen-bond acceptors (Lipinski definition) is 5. The predicted molar refractivity (Wildman–Crippen MR) is 117 cm³/mol. The summed E-state index contributed by atoms with van der Waals surface area (Å²) in [5.74, 6) is -2.63. The number of aromatic nitrogens is 3. The van der Waals surface area contributed by atoms with E-state index in [-0.39, 0.29) is 34.4 Å². The number of hydrogen-bond donors (Lipinski definition) is 0. The van der Waals surface area contributed by atoms with E-state index in [9.17, 15) is 18.4 Å². The largest absolute Gasteiger partial charge is 0.373 e. The van der Waals surface area contributed by atoms with Gasteiger partial charge in [-0.05, 0) is 43.9 Å². The lowest BCUT2D eigenvalue weighted by Gasteiger charge is -2.29. The molecule has 1 aliphatic carbocycles. The topological polar surface area (TPSA) is 77.3 Å². The Labute approximate surface area is 194 Å². The number of halogens is 2. The maximum Gasteiger partial charge on any atom is 0.263 e. The number of nitrogens with zero attached hydrogens (tertiary/aromatic N) is 4. The number of pyridine rings is 1.